The fraction of sp³-hybridized carbons (Fsp3) is 0.400. The third-order valence-corrected chi connectivity index (χ3v) is 4.43. The van der Waals surface area contributed by atoms with Gasteiger partial charge < -0.3 is 5.32 Å². The van der Waals surface area contributed by atoms with Crippen LogP contribution in [0.25, 0.3) is 0 Å². The third kappa shape index (κ3) is 2.79. The van der Waals surface area contributed by atoms with Crippen molar-refractivity contribution in [3.05, 3.63) is 52.5 Å². The minimum Gasteiger partial charge on any atom is -0.316 e. The number of likely N-dealkylation sites (N-methyl/N-ethyl adjacent to an activating group) is 1. The molecule has 18 heavy (non-hydrogen) atoms. The van der Waals surface area contributed by atoms with Gasteiger partial charge in [-0.1, -0.05) is 44.2 Å². The molecule has 1 heterocycles. The van der Waals surface area contributed by atoms with E-state index >= 15 is 0 Å². The van der Waals surface area contributed by atoms with Crippen molar-refractivity contribution in [2.45, 2.75) is 31.7 Å². The third-order valence-electron chi connectivity index (χ3n) is 3.63. The van der Waals surface area contributed by atoms with E-state index in [0.29, 0.717) is 6.04 Å². The summed E-state index contributed by atoms with van der Waals surface area (Å²) in [7, 11) is 2.04. The Morgan fingerprint density at radius 2 is 2.00 bits per heavy atom. The van der Waals surface area contributed by atoms with Crippen molar-refractivity contribution in [2.24, 2.45) is 0 Å². The van der Waals surface area contributed by atoms with E-state index in [1.165, 1.54) is 10.4 Å². The van der Waals surface area contributed by atoms with Gasteiger partial charge in [-0.25, -0.2) is 0 Å². The van der Waals surface area contributed by atoms with E-state index < -0.39 is 0 Å². The maximum Gasteiger partial charge on any atom is 0.0794 e. The maximum absolute atomic E-state index is 4.16. The molecule has 1 N–H and O–H groups in total. The molecule has 0 spiro atoms. The van der Waals surface area contributed by atoms with Crippen LogP contribution >= 0.6 is 11.3 Å². The Hall–Kier alpha value is -1.19. The Bertz CT molecular complexity index is 463. The van der Waals surface area contributed by atoms with Gasteiger partial charge in [0.1, 0.15) is 0 Å². The Kier molecular flexibility index (Phi) is 4.15. The summed E-state index contributed by atoms with van der Waals surface area (Å²) in [5.41, 5.74) is 3.37. The second-order valence-electron chi connectivity index (χ2n) is 5.10. The SMILES string of the molecule is CNC(Cc1cncs1)C(C)(C)c1ccccc1. The van der Waals surface area contributed by atoms with Gasteiger partial charge in [-0.3, -0.25) is 4.98 Å². The molecule has 0 aliphatic heterocycles. The van der Waals surface area contributed by atoms with E-state index in [1.807, 2.05) is 18.8 Å². The molecule has 0 saturated carbocycles. The molecule has 2 rings (SSSR count). The lowest BCUT2D eigenvalue weighted by Gasteiger charge is -2.34. The van der Waals surface area contributed by atoms with Crippen molar-refractivity contribution >= 4 is 11.3 Å². The lowest BCUT2D eigenvalue weighted by Crippen LogP contribution is -2.44. The Labute approximate surface area is 113 Å². The topological polar surface area (TPSA) is 24.9 Å². The highest BCUT2D eigenvalue weighted by Crippen LogP contribution is 2.29. The number of rotatable bonds is 5. The van der Waals surface area contributed by atoms with Gasteiger partial charge in [0.2, 0.25) is 0 Å². The van der Waals surface area contributed by atoms with Crippen LogP contribution in [0.5, 0.6) is 0 Å². The zero-order valence-corrected chi connectivity index (χ0v) is 12.0. The first-order valence-electron chi connectivity index (χ1n) is 6.24. The van der Waals surface area contributed by atoms with Crippen LogP contribution in [0, 0.1) is 0 Å². The average Bonchev–Trinajstić information content (AvgIpc) is 2.89. The monoisotopic (exact) mass is 260 g/mol. The average molecular weight is 260 g/mol. The first-order valence-corrected chi connectivity index (χ1v) is 7.12. The molecule has 2 nitrogen and oxygen atoms in total. The molecule has 0 amide bonds. The van der Waals surface area contributed by atoms with Crippen molar-refractivity contribution in [3.63, 3.8) is 0 Å². The lowest BCUT2D eigenvalue weighted by molar-refractivity contribution is 0.358. The highest BCUT2D eigenvalue weighted by atomic mass is 32.1. The quantitative estimate of drug-likeness (QED) is 0.892. The van der Waals surface area contributed by atoms with Gasteiger partial charge in [0.25, 0.3) is 0 Å². The van der Waals surface area contributed by atoms with E-state index in [2.05, 4.69) is 54.5 Å². The molecule has 3 heteroatoms. The van der Waals surface area contributed by atoms with Crippen molar-refractivity contribution in [3.8, 4) is 0 Å². The Balaban J connectivity index is 2.21. The summed E-state index contributed by atoms with van der Waals surface area (Å²) in [6, 6.07) is 11.1. The summed E-state index contributed by atoms with van der Waals surface area (Å²) < 4.78 is 0. The van der Waals surface area contributed by atoms with Gasteiger partial charge in [-0.15, -0.1) is 11.3 Å². The van der Waals surface area contributed by atoms with Crippen LogP contribution in [0.15, 0.2) is 42.0 Å². The molecule has 96 valence electrons. The highest BCUT2D eigenvalue weighted by Gasteiger charge is 2.30. The molecular weight excluding hydrogens is 240 g/mol. The predicted octanol–water partition coefficient (Wildman–Crippen LogP) is 3.25. The maximum atomic E-state index is 4.16. The number of nitrogens with zero attached hydrogens (tertiary/aromatic N) is 1. The van der Waals surface area contributed by atoms with E-state index in [-0.39, 0.29) is 5.41 Å². The second kappa shape index (κ2) is 5.63. The molecule has 0 saturated heterocycles. The van der Waals surface area contributed by atoms with Crippen molar-refractivity contribution < 1.29 is 0 Å². The zero-order chi connectivity index (χ0) is 13.0. The molecule has 1 aromatic heterocycles. The highest BCUT2D eigenvalue weighted by molar-refractivity contribution is 7.09. The molecule has 1 unspecified atom stereocenters. The number of benzene rings is 1. The van der Waals surface area contributed by atoms with E-state index in [1.54, 1.807) is 11.3 Å². The summed E-state index contributed by atoms with van der Waals surface area (Å²) in [5.74, 6) is 0. The van der Waals surface area contributed by atoms with Crippen LogP contribution in [0.4, 0.5) is 0 Å². The standard InChI is InChI=1S/C15H20N2S/c1-15(2,12-7-5-4-6-8-12)14(16-3)9-13-10-17-11-18-13/h4-8,10-11,14,16H,9H2,1-3H3. The summed E-state index contributed by atoms with van der Waals surface area (Å²) >= 11 is 1.73. The number of nitrogens with one attached hydrogen (secondary N) is 1. The molecule has 0 radical (unpaired) electrons. The fourth-order valence-corrected chi connectivity index (χ4v) is 2.97. The first-order chi connectivity index (χ1) is 8.64. The van der Waals surface area contributed by atoms with Crippen LogP contribution in [-0.2, 0) is 11.8 Å². The van der Waals surface area contributed by atoms with Gasteiger partial charge in [0.05, 0.1) is 5.51 Å². The minimum absolute atomic E-state index is 0.0972. The van der Waals surface area contributed by atoms with Crippen LogP contribution < -0.4 is 5.32 Å². The van der Waals surface area contributed by atoms with Gasteiger partial charge in [-0.05, 0) is 19.0 Å². The molecule has 2 aromatic rings. The van der Waals surface area contributed by atoms with Gasteiger partial charge >= 0.3 is 0 Å². The van der Waals surface area contributed by atoms with Crippen LogP contribution in [-0.4, -0.2) is 18.1 Å². The smallest absolute Gasteiger partial charge is 0.0794 e. The number of hydrogen-bond acceptors (Lipinski definition) is 3. The normalized spacial score (nSPS) is 13.5. The van der Waals surface area contributed by atoms with Crippen molar-refractivity contribution in [1.29, 1.82) is 0 Å². The summed E-state index contributed by atoms with van der Waals surface area (Å²) in [6.07, 6.45) is 2.99. The fourth-order valence-electron chi connectivity index (χ4n) is 2.33. The van der Waals surface area contributed by atoms with Gasteiger partial charge in [0.15, 0.2) is 0 Å². The number of aromatic nitrogens is 1. The van der Waals surface area contributed by atoms with Crippen molar-refractivity contribution in [2.75, 3.05) is 7.05 Å². The van der Waals surface area contributed by atoms with Crippen LogP contribution in [0.3, 0.4) is 0 Å². The summed E-state index contributed by atoms with van der Waals surface area (Å²) in [6.45, 7) is 4.59. The molecule has 1 atom stereocenters. The zero-order valence-electron chi connectivity index (χ0n) is 11.2. The molecule has 0 aliphatic rings. The molecular formula is C15H20N2S. The molecule has 1 aromatic carbocycles. The van der Waals surface area contributed by atoms with Crippen molar-refractivity contribution in [1.82, 2.24) is 10.3 Å². The Morgan fingerprint density at radius 3 is 2.56 bits per heavy atom. The van der Waals surface area contributed by atoms with E-state index in [9.17, 15) is 0 Å². The molecule has 0 fully saturated rings. The number of hydrogen-bond donors (Lipinski definition) is 1. The van der Waals surface area contributed by atoms with E-state index in [4.69, 9.17) is 0 Å². The first kappa shape index (κ1) is 13.2. The summed E-state index contributed by atoms with van der Waals surface area (Å²) in [4.78, 5) is 5.49. The predicted molar refractivity (Wildman–Crippen MR) is 78.1 cm³/mol. The lowest BCUT2D eigenvalue weighted by atomic mass is 9.76. The van der Waals surface area contributed by atoms with Gasteiger partial charge in [-0.2, -0.15) is 0 Å². The summed E-state index contributed by atoms with van der Waals surface area (Å²) in [5, 5.41) is 3.46. The van der Waals surface area contributed by atoms with Gasteiger partial charge in [0, 0.05) is 22.5 Å². The number of thiazole rings is 1. The van der Waals surface area contributed by atoms with Crippen LogP contribution in [0.1, 0.15) is 24.3 Å². The second-order valence-corrected chi connectivity index (χ2v) is 6.07. The Morgan fingerprint density at radius 1 is 1.28 bits per heavy atom. The van der Waals surface area contributed by atoms with Crippen LogP contribution in [0.2, 0.25) is 0 Å². The van der Waals surface area contributed by atoms with E-state index in [0.717, 1.165) is 6.42 Å². The molecule has 0 bridgehead atoms. The largest absolute Gasteiger partial charge is 0.316 e. The minimum atomic E-state index is 0.0972. The molecule has 0 aliphatic carbocycles.